The first kappa shape index (κ1) is 45.8. The number of rotatable bonds is 20. The number of ether oxygens (including phenoxy) is 4. The predicted molar refractivity (Wildman–Crippen MR) is 237 cm³/mol. The van der Waals surface area contributed by atoms with Crippen molar-refractivity contribution in [1.29, 1.82) is 10.5 Å². The summed E-state index contributed by atoms with van der Waals surface area (Å²) in [6.45, 7) is 4.12. The van der Waals surface area contributed by atoms with Crippen LogP contribution in [0.4, 0.5) is 0 Å². The van der Waals surface area contributed by atoms with Crippen LogP contribution in [-0.4, -0.2) is 37.9 Å². The van der Waals surface area contributed by atoms with Crippen LogP contribution in [0.1, 0.15) is 68.5 Å². The monoisotopic (exact) mass is 886 g/mol. The third-order valence-corrected chi connectivity index (χ3v) is 11.1. The molecule has 6 rings (SSSR count). The van der Waals surface area contributed by atoms with Gasteiger partial charge in [0, 0.05) is 60.2 Å². The van der Waals surface area contributed by atoms with Crippen molar-refractivity contribution in [2.45, 2.75) is 66.1 Å². The van der Waals surface area contributed by atoms with Crippen molar-refractivity contribution < 1.29 is 39.1 Å². The molecule has 0 spiro atoms. The molecular weight excluding hydrogens is 843 g/mol. The Kier molecular flexibility index (Phi) is 15.9. The number of benzene rings is 4. The molecule has 63 heavy (non-hydrogen) atoms. The Balaban J connectivity index is 1.18. The minimum Gasteiger partial charge on any atom is -0.488 e. The molecule has 0 bridgehead atoms. The van der Waals surface area contributed by atoms with Crippen molar-refractivity contribution >= 4 is 29.2 Å². The van der Waals surface area contributed by atoms with E-state index in [-0.39, 0.29) is 46.1 Å². The first-order valence-corrected chi connectivity index (χ1v) is 20.7. The van der Waals surface area contributed by atoms with E-state index in [4.69, 9.17) is 42.1 Å². The smallest absolute Gasteiger partial charge is 0.303 e. The van der Waals surface area contributed by atoms with Crippen molar-refractivity contribution in [2.75, 3.05) is 6.61 Å². The number of hydrogen-bond donors (Lipinski definition) is 3. The molecule has 0 aliphatic heterocycles. The number of aryl methyl sites for hydroxylation is 1. The fourth-order valence-electron chi connectivity index (χ4n) is 6.98. The molecule has 3 N–H and O–H groups in total. The highest BCUT2D eigenvalue weighted by molar-refractivity contribution is 6.32. The molecule has 4 aromatic carbocycles. The highest BCUT2D eigenvalue weighted by atomic mass is 35.5. The van der Waals surface area contributed by atoms with Gasteiger partial charge in [-0.25, -0.2) is 0 Å². The van der Waals surface area contributed by atoms with Gasteiger partial charge in [0.15, 0.2) is 0 Å². The molecule has 6 aromatic rings. The quantitative estimate of drug-likeness (QED) is 0.0660. The van der Waals surface area contributed by atoms with Gasteiger partial charge in [0.2, 0.25) is 0 Å². The van der Waals surface area contributed by atoms with E-state index < -0.39 is 11.9 Å². The van der Waals surface area contributed by atoms with E-state index in [1.165, 1.54) is 12.4 Å². The van der Waals surface area contributed by atoms with Crippen molar-refractivity contribution in [2.24, 2.45) is 5.92 Å². The fraction of sp³-hybridized carbons (Fsp3) is 0.245. The molecule has 12 nitrogen and oxygen atoms in total. The summed E-state index contributed by atoms with van der Waals surface area (Å²) in [5, 5.41) is 48.3. The molecule has 0 fully saturated rings. The molecular formula is C49H44Cl2N4O8. The van der Waals surface area contributed by atoms with Gasteiger partial charge in [0.05, 0.1) is 34.2 Å². The van der Waals surface area contributed by atoms with Crippen LogP contribution in [0.5, 0.6) is 23.0 Å². The van der Waals surface area contributed by atoms with E-state index in [9.17, 15) is 30.6 Å². The molecule has 322 valence electrons. The summed E-state index contributed by atoms with van der Waals surface area (Å²) < 4.78 is 24.9. The summed E-state index contributed by atoms with van der Waals surface area (Å²) in [6, 6.07) is 26.2. The minimum atomic E-state index is -0.988. The van der Waals surface area contributed by atoms with E-state index in [0.717, 1.165) is 33.4 Å². The van der Waals surface area contributed by atoms with Crippen LogP contribution in [0.25, 0.3) is 11.1 Å². The van der Waals surface area contributed by atoms with Gasteiger partial charge in [-0.1, -0.05) is 59.6 Å². The highest BCUT2D eigenvalue weighted by Gasteiger charge is 2.19. The van der Waals surface area contributed by atoms with Gasteiger partial charge in [-0.05, 0) is 95.8 Å². The maximum atomic E-state index is 11.3. The summed E-state index contributed by atoms with van der Waals surface area (Å²) in [4.78, 5) is 19.5. The molecule has 0 radical (unpaired) electrons. The van der Waals surface area contributed by atoms with Crippen LogP contribution in [0, 0.1) is 42.4 Å². The number of carbonyl (C=O) groups is 1. The van der Waals surface area contributed by atoms with Crippen molar-refractivity contribution in [1.82, 2.24) is 9.97 Å². The number of nitriles is 2. The van der Waals surface area contributed by atoms with E-state index in [0.29, 0.717) is 79.3 Å². The molecule has 1 atom stereocenters. The van der Waals surface area contributed by atoms with Gasteiger partial charge < -0.3 is 34.3 Å². The molecule has 14 heteroatoms. The average molecular weight is 888 g/mol. The maximum absolute atomic E-state index is 11.3. The second-order valence-corrected chi connectivity index (χ2v) is 15.7. The molecule has 0 unspecified atom stereocenters. The second-order valence-electron chi connectivity index (χ2n) is 14.8. The van der Waals surface area contributed by atoms with E-state index >= 15 is 0 Å². The normalized spacial score (nSPS) is 11.3. The summed E-state index contributed by atoms with van der Waals surface area (Å²) in [6.07, 6.45) is 6.78. The predicted octanol–water partition coefficient (Wildman–Crippen LogP) is 9.63. The molecule has 0 aliphatic rings. The third kappa shape index (κ3) is 12.0. The largest absolute Gasteiger partial charge is 0.488 e. The van der Waals surface area contributed by atoms with Crippen molar-refractivity contribution in [3.8, 4) is 46.3 Å². The summed E-state index contributed by atoms with van der Waals surface area (Å²) in [5.41, 5.74) is 9.27. The van der Waals surface area contributed by atoms with Crippen molar-refractivity contribution in [3.05, 3.63) is 163 Å². The zero-order valence-electron chi connectivity index (χ0n) is 34.6. The molecule has 2 heterocycles. The lowest BCUT2D eigenvalue weighted by Gasteiger charge is -2.19. The van der Waals surface area contributed by atoms with E-state index in [1.54, 1.807) is 48.8 Å². The van der Waals surface area contributed by atoms with Gasteiger partial charge in [0.25, 0.3) is 0 Å². The number of aliphatic hydroxyl groups is 2. The van der Waals surface area contributed by atoms with Crippen LogP contribution in [0.15, 0.2) is 97.6 Å². The van der Waals surface area contributed by atoms with Gasteiger partial charge in [-0.15, -0.1) is 0 Å². The number of pyridine rings is 2. The number of aliphatic carboxylic acids is 1. The second kappa shape index (κ2) is 21.9. The lowest BCUT2D eigenvalue weighted by molar-refractivity contribution is -0.138. The van der Waals surface area contributed by atoms with Crippen LogP contribution < -0.4 is 18.9 Å². The lowest BCUT2D eigenvalue weighted by atomic mass is 9.92. The Morgan fingerprint density at radius 3 is 1.59 bits per heavy atom. The van der Waals surface area contributed by atoms with E-state index in [1.807, 2.05) is 38.1 Å². The fourth-order valence-corrected chi connectivity index (χ4v) is 7.46. The van der Waals surface area contributed by atoms with Gasteiger partial charge >= 0.3 is 5.97 Å². The molecule has 2 aromatic heterocycles. The molecule has 0 saturated heterocycles. The zero-order valence-corrected chi connectivity index (χ0v) is 36.1. The van der Waals surface area contributed by atoms with Crippen LogP contribution in [0.2, 0.25) is 10.0 Å². The summed E-state index contributed by atoms with van der Waals surface area (Å²) in [7, 11) is 0. The first-order valence-electron chi connectivity index (χ1n) is 19.9. The average Bonchev–Trinajstić information content (AvgIpc) is 3.29. The molecule has 0 amide bonds. The number of hydrogen-bond acceptors (Lipinski definition) is 11. The summed E-state index contributed by atoms with van der Waals surface area (Å²) in [5.74, 6) is 0.190. The number of nitrogens with zero attached hydrogens (tertiary/aromatic N) is 4. The number of aliphatic hydroxyl groups excluding tert-OH is 2. The van der Waals surface area contributed by atoms with Gasteiger partial charge in [-0.3, -0.25) is 14.8 Å². The minimum absolute atomic E-state index is 0.108. The zero-order chi connectivity index (χ0) is 44.9. The van der Waals surface area contributed by atoms with Crippen LogP contribution in [0.3, 0.4) is 0 Å². The Labute approximate surface area is 375 Å². The maximum Gasteiger partial charge on any atom is 0.303 e. The Morgan fingerprint density at radius 1 is 0.651 bits per heavy atom. The van der Waals surface area contributed by atoms with Gasteiger partial charge in [0.1, 0.15) is 61.6 Å². The standard InChI is InChI=1S/C49H44Cl2N4O8/c1-30-38(28-62-47-16-45(60-26-35-11-33(18-52)20-54-22-35)37(14-43(47)50)10-9-32(24-56)13-49(58)59)5-3-7-41(30)42-8-4-6-39(31(42)2)29-63-48-17-46(40(25-57)15-44(48)51)61-27-36-12-34(19-53)21-55-23-36/h3-8,11-12,14-17,20-23,32,56-57H,9-10,13,24-29H2,1-2H3,(H,58,59)/t32-/m0/s1. The lowest BCUT2D eigenvalue weighted by Crippen LogP contribution is -2.13. The third-order valence-electron chi connectivity index (χ3n) is 10.5. The van der Waals surface area contributed by atoms with E-state index in [2.05, 4.69) is 34.2 Å². The van der Waals surface area contributed by atoms with Crippen molar-refractivity contribution in [3.63, 3.8) is 0 Å². The summed E-state index contributed by atoms with van der Waals surface area (Å²) >= 11 is 13.4. The number of aromatic nitrogens is 2. The number of carboxylic acid groups (broad SMARTS) is 1. The Hall–Kier alpha value is -6.67. The number of halogens is 2. The Bertz CT molecular complexity index is 2680. The first-order chi connectivity index (χ1) is 30.5. The van der Waals surface area contributed by atoms with Gasteiger partial charge in [-0.2, -0.15) is 10.5 Å². The molecule has 0 saturated carbocycles. The van der Waals surface area contributed by atoms with Crippen LogP contribution >= 0.6 is 23.2 Å². The van der Waals surface area contributed by atoms with Crippen LogP contribution in [-0.2, 0) is 44.2 Å². The SMILES string of the molecule is Cc1c(COc2cc(OCc3cncc(C#N)c3)c(CO)cc2Cl)cccc1-c1cccc(COc2cc(OCc3cncc(C#N)c3)c(CC[C@H](CO)CC(=O)O)cc2Cl)c1C. The number of carboxylic acids is 1. The highest BCUT2D eigenvalue weighted by Crippen LogP contribution is 2.38. The topological polar surface area (TPSA) is 188 Å². The molecule has 0 aliphatic carbocycles. The Morgan fingerprint density at radius 2 is 1.13 bits per heavy atom.